The van der Waals surface area contributed by atoms with Crippen LogP contribution in [0.3, 0.4) is 0 Å². The van der Waals surface area contributed by atoms with E-state index in [9.17, 15) is 14.4 Å². The van der Waals surface area contributed by atoms with Gasteiger partial charge in [-0.2, -0.15) is 0 Å². The molecule has 0 aliphatic carbocycles. The van der Waals surface area contributed by atoms with Crippen LogP contribution in [0.1, 0.15) is 46.5 Å². The van der Waals surface area contributed by atoms with E-state index in [-0.39, 0.29) is 24.4 Å². The second-order valence-corrected chi connectivity index (χ2v) is 8.35. The van der Waals surface area contributed by atoms with E-state index in [2.05, 4.69) is 10.2 Å². The lowest BCUT2D eigenvalue weighted by molar-refractivity contribution is -0.146. The molecule has 0 unspecified atom stereocenters. The van der Waals surface area contributed by atoms with Crippen LogP contribution >= 0.6 is 0 Å². The van der Waals surface area contributed by atoms with E-state index in [1.807, 2.05) is 20.8 Å². The zero-order valence-electron chi connectivity index (χ0n) is 17.0. The second-order valence-electron chi connectivity index (χ2n) is 8.35. The highest BCUT2D eigenvalue weighted by Crippen LogP contribution is 2.23. The van der Waals surface area contributed by atoms with Crippen LogP contribution < -0.4 is 5.32 Å². The van der Waals surface area contributed by atoms with Crippen molar-refractivity contribution in [3.63, 3.8) is 0 Å². The van der Waals surface area contributed by atoms with Crippen molar-refractivity contribution < 1.29 is 23.9 Å². The number of nitrogens with zero attached hydrogens (tertiary/aromatic N) is 2. The van der Waals surface area contributed by atoms with Gasteiger partial charge in [-0.25, -0.2) is 4.79 Å². The van der Waals surface area contributed by atoms with E-state index in [1.165, 1.54) is 7.11 Å². The Hall–Kier alpha value is -1.83. The summed E-state index contributed by atoms with van der Waals surface area (Å²) in [6.07, 6.45) is 2.70. The van der Waals surface area contributed by atoms with E-state index >= 15 is 0 Å². The predicted molar refractivity (Wildman–Crippen MR) is 100 cm³/mol. The minimum atomic E-state index is -0.494. The molecule has 0 saturated carbocycles. The molecule has 2 amide bonds. The Kier molecular flexibility index (Phi) is 7.47. The number of nitrogens with one attached hydrogen (secondary N) is 1. The molecule has 2 heterocycles. The Morgan fingerprint density at radius 2 is 2.00 bits per heavy atom. The molecule has 2 aliphatic heterocycles. The Bertz CT molecular complexity index is 546. The van der Waals surface area contributed by atoms with Crippen LogP contribution in [0.15, 0.2) is 0 Å². The fourth-order valence-corrected chi connectivity index (χ4v) is 3.63. The molecule has 0 spiro atoms. The molecule has 27 heavy (non-hydrogen) atoms. The smallest absolute Gasteiger partial charge is 0.410 e. The number of carbonyl (C=O) groups is 3. The number of piperidine rings is 1. The van der Waals surface area contributed by atoms with E-state index in [0.717, 1.165) is 38.9 Å². The number of esters is 1. The molecule has 0 bridgehead atoms. The van der Waals surface area contributed by atoms with Crippen LogP contribution in [0.2, 0.25) is 0 Å². The summed E-state index contributed by atoms with van der Waals surface area (Å²) < 4.78 is 10.2. The molecule has 1 N–H and O–H groups in total. The summed E-state index contributed by atoms with van der Waals surface area (Å²) in [5.74, 6) is -0.128. The third-order valence-electron chi connectivity index (χ3n) is 5.02. The van der Waals surface area contributed by atoms with Gasteiger partial charge in [-0.05, 0) is 52.5 Å². The van der Waals surface area contributed by atoms with Gasteiger partial charge in [0.25, 0.3) is 0 Å². The van der Waals surface area contributed by atoms with E-state index in [0.29, 0.717) is 19.0 Å². The second kappa shape index (κ2) is 9.39. The van der Waals surface area contributed by atoms with Crippen molar-refractivity contribution >= 4 is 18.0 Å². The third kappa shape index (κ3) is 6.68. The molecule has 154 valence electrons. The SMILES string of the molecule is COC(=O)C[C@H]1C(=O)NCCN1CC[C@@H]1CCCN(C(=O)OC(C)(C)C)C1. The number of rotatable bonds is 5. The number of amides is 2. The molecule has 0 aromatic heterocycles. The standard InChI is InChI=1S/C19H33N3O5/c1-19(2,3)27-18(25)22-9-5-6-14(13-22)7-10-21-11-8-20-17(24)15(21)12-16(23)26-4/h14-15H,5-13H2,1-4H3,(H,20,24)/t14-,15-/m0/s1. The maximum atomic E-state index is 12.3. The summed E-state index contributed by atoms with van der Waals surface area (Å²) in [5.41, 5.74) is -0.494. The molecule has 2 fully saturated rings. The van der Waals surface area contributed by atoms with Crippen molar-refractivity contribution in [2.75, 3.05) is 39.8 Å². The first kappa shape index (κ1) is 21.5. The number of hydrogen-bond acceptors (Lipinski definition) is 6. The zero-order chi connectivity index (χ0) is 20.0. The zero-order valence-corrected chi connectivity index (χ0v) is 17.0. The van der Waals surface area contributed by atoms with Gasteiger partial charge in [-0.3, -0.25) is 14.5 Å². The van der Waals surface area contributed by atoms with Crippen molar-refractivity contribution in [1.82, 2.24) is 15.1 Å². The van der Waals surface area contributed by atoms with Crippen LogP contribution in [0.4, 0.5) is 4.79 Å². The van der Waals surface area contributed by atoms with Gasteiger partial charge in [0, 0.05) is 26.2 Å². The number of ether oxygens (including phenoxy) is 2. The maximum absolute atomic E-state index is 12.3. The quantitative estimate of drug-likeness (QED) is 0.722. The fourth-order valence-electron chi connectivity index (χ4n) is 3.63. The largest absolute Gasteiger partial charge is 0.469 e. The van der Waals surface area contributed by atoms with Gasteiger partial charge < -0.3 is 19.7 Å². The van der Waals surface area contributed by atoms with E-state index in [4.69, 9.17) is 9.47 Å². The molecule has 2 aliphatic rings. The van der Waals surface area contributed by atoms with Gasteiger partial charge in [0.05, 0.1) is 19.6 Å². The van der Waals surface area contributed by atoms with Crippen LogP contribution in [0.5, 0.6) is 0 Å². The number of likely N-dealkylation sites (tertiary alicyclic amines) is 1. The third-order valence-corrected chi connectivity index (χ3v) is 5.02. The van der Waals surface area contributed by atoms with Crippen molar-refractivity contribution in [1.29, 1.82) is 0 Å². The summed E-state index contributed by atoms with van der Waals surface area (Å²) in [4.78, 5) is 39.9. The highest BCUT2D eigenvalue weighted by molar-refractivity contribution is 5.87. The fraction of sp³-hybridized carbons (Fsp3) is 0.842. The van der Waals surface area contributed by atoms with E-state index < -0.39 is 11.6 Å². The Balaban J connectivity index is 1.87. The van der Waals surface area contributed by atoms with Gasteiger partial charge in [0.2, 0.25) is 5.91 Å². The number of piperazine rings is 1. The first-order chi connectivity index (χ1) is 12.7. The molecule has 8 nitrogen and oxygen atoms in total. The van der Waals surface area contributed by atoms with Crippen molar-refractivity contribution in [2.24, 2.45) is 5.92 Å². The lowest BCUT2D eigenvalue weighted by Crippen LogP contribution is -2.56. The predicted octanol–water partition coefficient (Wildman–Crippen LogP) is 1.39. The topological polar surface area (TPSA) is 88.2 Å². The summed E-state index contributed by atoms with van der Waals surface area (Å²) in [7, 11) is 1.33. The number of methoxy groups -OCH3 is 1. The average Bonchev–Trinajstić information content (AvgIpc) is 2.61. The molecular formula is C19H33N3O5. The summed E-state index contributed by atoms with van der Waals surface area (Å²) >= 11 is 0. The van der Waals surface area contributed by atoms with Gasteiger partial charge in [-0.15, -0.1) is 0 Å². The Morgan fingerprint density at radius 1 is 1.26 bits per heavy atom. The summed E-state index contributed by atoms with van der Waals surface area (Å²) in [6.45, 7) is 9.04. The minimum Gasteiger partial charge on any atom is -0.469 e. The first-order valence-corrected chi connectivity index (χ1v) is 9.76. The monoisotopic (exact) mass is 383 g/mol. The van der Waals surface area contributed by atoms with Crippen molar-refractivity contribution in [3.8, 4) is 0 Å². The molecule has 0 radical (unpaired) electrons. The lowest BCUT2D eigenvalue weighted by atomic mass is 9.94. The molecule has 8 heteroatoms. The van der Waals surface area contributed by atoms with Gasteiger partial charge in [0.15, 0.2) is 0 Å². The van der Waals surface area contributed by atoms with Crippen LogP contribution in [-0.4, -0.2) is 79.2 Å². The lowest BCUT2D eigenvalue weighted by Gasteiger charge is -2.37. The van der Waals surface area contributed by atoms with Gasteiger partial charge in [-0.1, -0.05) is 0 Å². The molecule has 2 saturated heterocycles. The molecule has 2 atom stereocenters. The van der Waals surface area contributed by atoms with Crippen LogP contribution in [0.25, 0.3) is 0 Å². The number of hydrogen-bond donors (Lipinski definition) is 1. The van der Waals surface area contributed by atoms with Gasteiger partial charge in [0.1, 0.15) is 5.60 Å². The van der Waals surface area contributed by atoms with Gasteiger partial charge >= 0.3 is 12.1 Å². The van der Waals surface area contributed by atoms with E-state index in [1.54, 1.807) is 4.90 Å². The number of carbonyl (C=O) groups excluding carboxylic acids is 3. The normalized spacial score (nSPS) is 24.3. The molecule has 2 rings (SSSR count). The maximum Gasteiger partial charge on any atom is 0.410 e. The van der Waals surface area contributed by atoms with Crippen molar-refractivity contribution in [3.05, 3.63) is 0 Å². The highest BCUT2D eigenvalue weighted by atomic mass is 16.6. The minimum absolute atomic E-state index is 0.0665. The molecule has 0 aromatic carbocycles. The molecular weight excluding hydrogens is 350 g/mol. The van der Waals surface area contributed by atoms with Crippen molar-refractivity contribution in [2.45, 2.75) is 58.1 Å². The Labute approximate surface area is 161 Å². The Morgan fingerprint density at radius 3 is 2.67 bits per heavy atom. The van der Waals surface area contributed by atoms with Crippen LogP contribution in [0, 0.1) is 5.92 Å². The van der Waals surface area contributed by atoms with Crippen LogP contribution in [-0.2, 0) is 19.1 Å². The summed E-state index contributed by atoms with van der Waals surface area (Å²) in [6, 6.07) is -0.475. The summed E-state index contributed by atoms with van der Waals surface area (Å²) in [5, 5.41) is 2.82. The highest BCUT2D eigenvalue weighted by Gasteiger charge is 2.33. The molecule has 0 aromatic rings. The first-order valence-electron chi connectivity index (χ1n) is 9.76. The average molecular weight is 383 g/mol.